The normalized spacial score (nSPS) is 21.2. The van der Waals surface area contributed by atoms with E-state index < -0.39 is 10.0 Å². The molecule has 8 heteroatoms. The van der Waals surface area contributed by atoms with Crippen LogP contribution in [-0.2, 0) is 14.8 Å². The molecule has 0 bridgehead atoms. The van der Waals surface area contributed by atoms with Gasteiger partial charge in [-0.15, -0.1) is 11.3 Å². The number of hydrogen-bond donors (Lipinski definition) is 2. The number of sulfonamides is 1. The van der Waals surface area contributed by atoms with E-state index in [0.717, 1.165) is 35.0 Å². The van der Waals surface area contributed by atoms with Crippen molar-refractivity contribution in [2.75, 3.05) is 6.54 Å². The molecular weight excluding hydrogens is 460 g/mol. The number of carbonyl (C=O) groups excluding carboxylic acids is 1. The zero-order chi connectivity index (χ0) is 20.1. The Kier molecular flexibility index (Phi) is 7.31. The Morgan fingerprint density at radius 2 is 1.82 bits per heavy atom. The molecule has 1 aromatic carbocycles. The van der Waals surface area contributed by atoms with Crippen LogP contribution in [0.15, 0.2) is 50.5 Å². The number of thiophene rings is 1. The maximum absolute atomic E-state index is 12.6. The summed E-state index contributed by atoms with van der Waals surface area (Å²) in [5, 5.41) is 3.11. The van der Waals surface area contributed by atoms with Gasteiger partial charge in [0.2, 0.25) is 15.9 Å². The van der Waals surface area contributed by atoms with E-state index in [1.165, 1.54) is 11.3 Å². The molecule has 0 spiro atoms. The molecule has 28 heavy (non-hydrogen) atoms. The highest BCUT2D eigenvalue weighted by molar-refractivity contribution is 9.11. The first-order chi connectivity index (χ1) is 13.3. The Labute approximate surface area is 179 Å². The van der Waals surface area contributed by atoms with Crippen LogP contribution in [0.5, 0.6) is 0 Å². The molecule has 3 rings (SSSR count). The van der Waals surface area contributed by atoms with Gasteiger partial charge in [-0.1, -0.05) is 30.3 Å². The summed E-state index contributed by atoms with van der Waals surface area (Å²) in [7, 11) is -3.46. The van der Waals surface area contributed by atoms with Crippen molar-refractivity contribution in [3.63, 3.8) is 0 Å². The lowest BCUT2D eigenvalue weighted by molar-refractivity contribution is -0.126. The minimum absolute atomic E-state index is 0.00673. The highest BCUT2D eigenvalue weighted by Crippen LogP contribution is 2.30. The summed E-state index contributed by atoms with van der Waals surface area (Å²) in [5.74, 6) is 0.375. The molecule has 1 aliphatic rings. The molecule has 152 valence electrons. The number of hydrogen-bond acceptors (Lipinski definition) is 4. The van der Waals surface area contributed by atoms with E-state index in [2.05, 4.69) is 26.0 Å². The van der Waals surface area contributed by atoms with Gasteiger partial charge >= 0.3 is 0 Å². The van der Waals surface area contributed by atoms with Gasteiger partial charge in [0, 0.05) is 12.5 Å². The van der Waals surface area contributed by atoms with Crippen molar-refractivity contribution >= 4 is 43.2 Å². The molecule has 5 nitrogen and oxygen atoms in total. The molecule has 1 aromatic heterocycles. The van der Waals surface area contributed by atoms with Crippen molar-refractivity contribution in [1.29, 1.82) is 0 Å². The van der Waals surface area contributed by atoms with Crippen LogP contribution < -0.4 is 10.0 Å². The molecule has 1 atom stereocenters. The number of carbonyl (C=O) groups is 1. The lowest BCUT2D eigenvalue weighted by atomic mass is 9.81. The van der Waals surface area contributed by atoms with Crippen LogP contribution in [0.2, 0.25) is 0 Å². The van der Waals surface area contributed by atoms with Gasteiger partial charge in [-0.25, -0.2) is 13.1 Å². The summed E-state index contributed by atoms with van der Waals surface area (Å²) in [4.78, 5) is 12.6. The predicted molar refractivity (Wildman–Crippen MR) is 116 cm³/mol. The largest absolute Gasteiger partial charge is 0.349 e. The van der Waals surface area contributed by atoms with Gasteiger partial charge in [-0.3, -0.25) is 4.79 Å². The van der Waals surface area contributed by atoms with E-state index in [9.17, 15) is 13.2 Å². The molecule has 1 amide bonds. The SMILES string of the molecule is C[C@H](NC(=O)C1CCC(CNS(=O)(=O)c2ccc(Br)s2)CC1)c1ccccc1. The van der Waals surface area contributed by atoms with Gasteiger partial charge in [0.25, 0.3) is 0 Å². The van der Waals surface area contributed by atoms with Gasteiger partial charge in [-0.05, 0) is 72.2 Å². The Morgan fingerprint density at radius 3 is 2.43 bits per heavy atom. The van der Waals surface area contributed by atoms with Gasteiger partial charge in [0.05, 0.1) is 9.83 Å². The van der Waals surface area contributed by atoms with Gasteiger partial charge in [0.1, 0.15) is 4.21 Å². The summed E-state index contributed by atoms with van der Waals surface area (Å²) < 4.78 is 28.5. The average Bonchev–Trinajstić information content (AvgIpc) is 3.15. The second-order valence-electron chi connectivity index (χ2n) is 7.27. The van der Waals surface area contributed by atoms with Gasteiger partial charge in [0.15, 0.2) is 0 Å². The maximum atomic E-state index is 12.6. The van der Waals surface area contributed by atoms with Crippen LogP contribution in [0.3, 0.4) is 0 Å². The van der Waals surface area contributed by atoms with Crippen LogP contribution in [0, 0.1) is 11.8 Å². The topological polar surface area (TPSA) is 75.3 Å². The predicted octanol–water partition coefficient (Wildman–Crippen LogP) is 4.47. The van der Waals surface area contributed by atoms with Crippen molar-refractivity contribution < 1.29 is 13.2 Å². The van der Waals surface area contributed by atoms with Crippen LogP contribution in [0.4, 0.5) is 0 Å². The van der Waals surface area contributed by atoms with Crippen LogP contribution in [0.25, 0.3) is 0 Å². The lowest BCUT2D eigenvalue weighted by Crippen LogP contribution is -2.37. The van der Waals surface area contributed by atoms with E-state index >= 15 is 0 Å². The Hall–Kier alpha value is -1.22. The van der Waals surface area contributed by atoms with E-state index in [0.29, 0.717) is 10.8 Å². The number of rotatable bonds is 7. The fraction of sp³-hybridized carbons (Fsp3) is 0.450. The molecule has 1 fully saturated rings. The van der Waals surface area contributed by atoms with Crippen molar-refractivity contribution in [3.8, 4) is 0 Å². The molecule has 2 aromatic rings. The van der Waals surface area contributed by atoms with Crippen LogP contribution in [-0.4, -0.2) is 20.9 Å². The average molecular weight is 485 g/mol. The Morgan fingerprint density at radius 1 is 1.14 bits per heavy atom. The van der Waals surface area contributed by atoms with Crippen molar-refractivity contribution in [2.45, 2.75) is 42.9 Å². The minimum Gasteiger partial charge on any atom is -0.349 e. The molecule has 1 saturated carbocycles. The number of nitrogens with one attached hydrogen (secondary N) is 2. The van der Waals surface area contributed by atoms with Crippen molar-refractivity contribution in [2.24, 2.45) is 11.8 Å². The number of benzene rings is 1. The first kappa shape index (κ1) is 21.5. The highest BCUT2D eigenvalue weighted by Gasteiger charge is 2.28. The molecule has 1 heterocycles. The minimum atomic E-state index is -3.46. The maximum Gasteiger partial charge on any atom is 0.250 e. The Balaban J connectivity index is 1.44. The lowest BCUT2D eigenvalue weighted by Gasteiger charge is -2.28. The monoisotopic (exact) mass is 484 g/mol. The van der Waals surface area contributed by atoms with E-state index in [1.807, 2.05) is 37.3 Å². The van der Waals surface area contributed by atoms with Crippen LogP contribution in [0.1, 0.15) is 44.2 Å². The molecule has 0 aliphatic heterocycles. The molecule has 0 saturated heterocycles. The third kappa shape index (κ3) is 5.65. The second-order valence-corrected chi connectivity index (χ2v) is 11.7. The smallest absolute Gasteiger partial charge is 0.250 e. The summed E-state index contributed by atoms with van der Waals surface area (Å²) in [6, 6.07) is 13.3. The molecule has 0 unspecified atom stereocenters. The standard InChI is InChI=1S/C20H25BrN2O3S2/c1-14(16-5-3-2-4-6-16)23-20(24)17-9-7-15(8-10-17)13-22-28(25,26)19-12-11-18(21)27-19/h2-6,11-12,14-15,17,22H,7-10,13H2,1H3,(H,23,24)/t14-,15?,17?/m0/s1. The zero-order valence-corrected chi connectivity index (χ0v) is 18.9. The summed E-state index contributed by atoms with van der Waals surface area (Å²) in [5.41, 5.74) is 1.10. The van der Waals surface area contributed by atoms with Crippen LogP contribution >= 0.6 is 27.3 Å². The molecule has 0 radical (unpaired) electrons. The summed E-state index contributed by atoms with van der Waals surface area (Å²) in [6.07, 6.45) is 3.30. The fourth-order valence-electron chi connectivity index (χ4n) is 3.53. The number of amides is 1. The van der Waals surface area contributed by atoms with Crippen molar-refractivity contribution in [3.05, 3.63) is 51.8 Å². The highest BCUT2D eigenvalue weighted by atomic mass is 79.9. The number of halogens is 1. The molecule has 2 N–H and O–H groups in total. The Bertz CT molecular complexity index is 891. The molecular formula is C20H25BrN2O3S2. The second kappa shape index (κ2) is 9.52. The van der Waals surface area contributed by atoms with E-state index in [4.69, 9.17) is 0 Å². The van der Waals surface area contributed by atoms with Crippen molar-refractivity contribution in [1.82, 2.24) is 10.0 Å². The zero-order valence-electron chi connectivity index (χ0n) is 15.7. The summed E-state index contributed by atoms with van der Waals surface area (Å²) >= 11 is 4.50. The third-order valence-corrected chi connectivity index (χ3v) is 8.79. The molecule has 1 aliphatic carbocycles. The first-order valence-electron chi connectivity index (χ1n) is 9.45. The quantitative estimate of drug-likeness (QED) is 0.608. The van der Waals surface area contributed by atoms with Gasteiger partial charge < -0.3 is 5.32 Å². The van der Waals surface area contributed by atoms with Gasteiger partial charge in [-0.2, -0.15) is 0 Å². The van der Waals surface area contributed by atoms with E-state index in [1.54, 1.807) is 12.1 Å². The summed E-state index contributed by atoms with van der Waals surface area (Å²) in [6.45, 7) is 2.42. The first-order valence-corrected chi connectivity index (χ1v) is 12.5. The van der Waals surface area contributed by atoms with E-state index in [-0.39, 0.29) is 23.8 Å². The third-order valence-electron chi connectivity index (χ3n) is 5.25. The fourth-order valence-corrected chi connectivity index (χ4v) is 6.70.